The number of amides is 1. The Morgan fingerprint density at radius 2 is 2.08 bits per heavy atom. The maximum atomic E-state index is 12.5. The number of rotatable bonds is 7. The molecule has 1 atom stereocenters. The number of aliphatic hydroxyl groups excluding tert-OH is 1. The Hall–Kier alpha value is -2.34. The topological polar surface area (TPSA) is 76.4 Å². The summed E-state index contributed by atoms with van der Waals surface area (Å²) in [5, 5.41) is 17.1. The van der Waals surface area contributed by atoms with Gasteiger partial charge in [0.2, 0.25) is 0 Å². The van der Waals surface area contributed by atoms with Gasteiger partial charge in [-0.1, -0.05) is 26.0 Å². The number of benzene rings is 1. The molecule has 1 aromatic carbocycles. The lowest BCUT2D eigenvalue weighted by molar-refractivity contribution is 0.0901. The highest BCUT2D eigenvalue weighted by Crippen LogP contribution is 2.30. The van der Waals surface area contributed by atoms with Gasteiger partial charge in [-0.2, -0.15) is 5.10 Å². The molecule has 1 aromatic heterocycles. The van der Waals surface area contributed by atoms with Crippen LogP contribution in [-0.2, 0) is 7.05 Å². The molecule has 2 aromatic rings. The van der Waals surface area contributed by atoms with Crippen LogP contribution in [0.3, 0.4) is 0 Å². The monoisotopic (exact) mass is 331 g/mol. The number of hydrogen-bond donors (Lipinski definition) is 2. The number of aryl methyl sites for hydroxylation is 1. The minimum atomic E-state index is -0.555. The smallest absolute Gasteiger partial charge is 0.255 e. The van der Waals surface area contributed by atoms with E-state index in [1.165, 1.54) is 0 Å². The summed E-state index contributed by atoms with van der Waals surface area (Å²) in [6.45, 7) is 4.29. The minimum Gasteiger partial charge on any atom is -0.496 e. The van der Waals surface area contributed by atoms with Gasteiger partial charge in [0.15, 0.2) is 0 Å². The van der Waals surface area contributed by atoms with Crippen molar-refractivity contribution in [1.82, 2.24) is 15.1 Å². The molecule has 0 aliphatic heterocycles. The van der Waals surface area contributed by atoms with E-state index in [0.717, 1.165) is 5.56 Å². The highest BCUT2D eigenvalue weighted by molar-refractivity contribution is 6.00. The molecular formula is C18H25N3O3. The zero-order valence-corrected chi connectivity index (χ0v) is 14.6. The van der Waals surface area contributed by atoms with Crippen molar-refractivity contribution in [2.75, 3.05) is 13.7 Å². The largest absolute Gasteiger partial charge is 0.496 e. The van der Waals surface area contributed by atoms with E-state index in [9.17, 15) is 9.90 Å². The lowest BCUT2D eigenvalue weighted by atomic mass is 10.1. The van der Waals surface area contributed by atoms with Crippen LogP contribution in [0.5, 0.6) is 5.75 Å². The third-order valence-corrected chi connectivity index (χ3v) is 3.68. The summed E-state index contributed by atoms with van der Waals surface area (Å²) in [5.41, 5.74) is 1.78. The van der Waals surface area contributed by atoms with Gasteiger partial charge >= 0.3 is 0 Å². The van der Waals surface area contributed by atoms with Crippen LogP contribution >= 0.6 is 0 Å². The van der Waals surface area contributed by atoms with Crippen molar-refractivity contribution in [3.05, 3.63) is 36.0 Å². The number of para-hydroxylation sites is 1. The Bertz CT molecular complexity index is 695. The van der Waals surface area contributed by atoms with Crippen molar-refractivity contribution in [2.45, 2.75) is 26.4 Å². The Kier molecular flexibility index (Phi) is 5.98. The first-order chi connectivity index (χ1) is 11.4. The molecule has 0 saturated heterocycles. The van der Waals surface area contributed by atoms with E-state index in [1.54, 1.807) is 25.0 Å². The summed E-state index contributed by atoms with van der Waals surface area (Å²) in [7, 11) is 3.35. The van der Waals surface area contributed by atoms with Gasteiger partial charge in [-0.25, -0.2) is 0 Å². The molecular weight excluding hydrogens is 306 g/mol. The first-order valence-electron chi connectivity index (χ1n) is 8.05. The molecule has 0 radical (unpaired) electrons. The molecule has 0 saturated carbocycles. The number of aliphatic hydroxyl groups is 1. The minimum absolute atomic E-state index is 0.220. The zero-order valence-electron chi connectivity index (χ0n) is 14.6. The van der Waals surface area contributed by atoms with Crippen molar-refractivity contribution in [2.24, 2.45) is 13.0 Å². The van der Waals surface area contributed by atoms with Gasteiger partial charge in [-0.3, -0.25) is 9.48 Å². The molecule has 6 nitrogen and oxygen atoms in total. The van der Waals surface area contributed by atoms with E-state index in [0.29, 0.717) is 29.3 Å². The molecule has 130 valence electrons. The van der Waals surface area contributed by atoms with Crippen molar-refractivity contribution < 1.29 is 14.6 Å². The lowest BCUT2D eigenvalue weighted by Gasteiger charge is -2.14. The van der Waals surface area contributed by atoms with Gasteiger partial charge in [-0.15, -0.1) is 0 Å². The molecule has 2 N–H and O–H groups in total. The third kappa shape index (κ3) is 4.35. The SMILES string of the molecule is COc1ccccc1-c1nn(C)cc1C(=O)NCC(O)CC(C)C. The Balaban J connectivity index is 2.21. The predicted molar refractivity (Wildman–Crippen MR) is 93.0 cm³/mol. The van der Waals surface area contributed by atoms with Crippen molar-refractivity contribution in [1.29, 1.82) is 0 Å². The van der Waals surface area contributed by atoms with Gasteiger partial charge in [0.05, 0.1) is 18.8 Å². The summed E-state index contributed by atoms with van der Waals surface area (Å²) in [5.74, 6) is 0.774. The highest BCUT2D eigenvalue weighted by atomic mass is 16.5. The van der Waals surface area contributed by atoms with Crippen LogP contribution < -0.4 is 10.1 Å². The number of methoxy groups -OCH3 is 1. The van der Waals surface area contributed by atoms with Gasteiger partial charge < -0.3 is 15.2 Å². The number of aromatic nitrogens is 2. The number of carbonyl (C=O) groups is 1. The molecule has 0 fully saturated rings. The second kappa shape index (κ2) is 7.97. The maximum Gasteiger partial charge on any atom is 0.255 e. The fourth-order valence-electron chi connectivity index (χ4n) is 2.63. The van der Waals surface area contributed by atoms with Gasteiger partial charge in [-0.05, 0) is 24.5 Å². The zero-order chi connectivity index (χ0) is 17.7. The molecule has 0 aliphatic rings. The van der Waals surface area contributed by atoms with Gasteiger partial charge in [0, 0.05) is 25.4 Å². The van der Waals surface area contributed by atoms with Gasteiger partial charge in [0.25, 0.3) is 5.91 Å². The van der Waals surface area contributed by atoms with Crippen LogP contribution in [0, 0.1) is 5.92 Å². The van der Waals surface area contributed by atoms with Crippen molar-refractivity contribution in [3.8, 4) is 17.0 Å². The van der Waals surface area contributed by atoms with Crippen LogP contribution in [0.2, 0.25) is 0 Å². The second-order valence-electron chi connectivity index (χ2n) is 6.26. The quantitative estimate of drug-likeness (QED) is 0.816. The van der Waals surface area contributed by atoms with E-state index < -0.39 is 6.10 Å². The van der Waals surface area contributed by atoms with E-state index in [4.69, 9.17) is 4.74 Å². The maximum absolute atomic E-state index is 12.5. The summed E-state index contributed by atoms with van der Waals surface area (Å²) in [4.78, 5) is 12.5. The number of hydrogen-bond acceptors (Lipinski definition) is 4. The van der Waals surface area contributed by atoms with Crippen LogP contribution in [0.4, 0.5) is 0 Å². The fourth-order valence-corrected chi connectivity index (χ4v) is 2.63. The number of carbonyl (C=O) groups excluding carboxylic acids is 1. The molecule has 1 amide bonds. The molecule has 1 unspecified atom stereocenters. The number of nitrogens with one attached hydrogen (secondary N) is 1. The number of nitrogens with zero attached hydrogens (tertiary/aromatic N) is 2. The molecule has 6 heteroatoms. The number of ether oxygens (including phenoxy) is 1. The van der Waals surface area contributed by atoms with E-state index in [1.807, 2.05) is 38.1 Å². The fraction of sp³-hybridized carbons (Fsp3) is 0.444. The average molecular weight is 331 g/mol. The summed E-state index contributed by atoms with van der Waals surface area (Å²) in [6.07, 6.45) is 1.76. The Morgan fingerprint density at radius 3 is 2.75 bits per heavy atom. The summed E-state index contributed by atoms with van der Waals surface area (Å²) >= 11 is 0. The van der Waals surface area contributed by atoms with E-state index in [-0.39, 0.29) is 12.5 Å². The van der Waals surface area contributed by atoms with Crippen LogP contribution in [0.1, 0.15) is 30.6 Å². The highest BCUT2D eigenvalue weighted by Gasteiger charge is 2.20. The standard InChI is InChI=1S/C18H25N3O3/c1-12(2)9-13(22)10-19-18(23)15-11-21(3)20-17(15)14-7-5-6-8-16(14)24-4/h5-8,11-13,22H,9-10H2,1-4H3,(H,19,23). The molecule has 24 heavy (non-hydrogen) atoms. The second-order valence-corrected chi connectivity index (χ2v) is 6.26. The van der Waals surface area contributed by atoms with Crippen LogP contribution in [-0.4, -0.2) is 40.6 Å². The lowest BCUT2D eigenvalue weighted by Crippen LogP contribution is -2.32. The van der Waals surface area contributed by atoms with E-state index >= 15 is 0 Å². The molecule has 1 heterocycles. The average Bonchev–Trinajstić information content (AvgIpc) is 2.93. The first kappa shape index (κ1) is 18.0. The molecule has 2 rings (SSSR count). The van der Waals surface area contributed by atoms with Crippen molar-refractivity contribution >= 4 is 5.91 Å². The normalized spacial score (nSPS) is 12.2. The molecule has 0 aliphatic carbocycles. The predicted octanol–water partition coefficient (Wildman–Crippen LogP) is 2.23. The van der Waals surface area contributed by atoms with Crippen molar-refractivity contribution in [3.63, 3.8) is 0 Å². The molecule has 0 bridgehead atoms. The van der Waals surface area contributed by atoms with Crippen LogP contribution in [0.15, 0.2) is 30.5 Å². The Morgan fingerprint density at radius 1 is 1.38 bits per heavy atom. The summed E-state index contributed by atoms with van der Waals surface area (Å²) < 4.78 is 6.96. The Labute approximate surface area is 142 Å². The van der Waals surface area contributed by atoms with E-state index in [2.05, 4.69) is 10.4 Å². The third-order valence-electron chi connectivity index (χ3n) is 3.68. The van der Waals surface area contributed by atoms with Crippen LogP contribution in [0.25, 0.3) is 11.3 Å². The first-order valence-corrected chi connectivity index (χ1v) is 8.05. The summed E-state index contributed by atoms with van der Waals surface area (Å²) in [6, 6.07) is 7.44. The van der Waals surface area contributed by atoms with Gasteiger partial charge in [0.1, 0.15) is 11.4 Å². The molecule has 0 spiro atoms.